The van der Waals surface area contributed by atoms with Gasteiger partial charge in [0.25, 0.3) is 3.79 Å². The van der Waals surface area contributed by atoms with E-state index in [4.69, 9.17) is 0 Å². The molecule has 0 unspecified atom stereocenters. The van der Waals surface area contributed by atoms with E-state index in [0.29, 0.717) is 0 Å². The van der Waals surface area contributed by atoms with Crippen LogP contribution < -0.4 is 0 Å². The zero-order valence-corrected chi connectivity index (χ0v) is 7.63. The Bertz CT molecular complexity index is 163. The fourth-order valence-corrected chi connectivity index (χ4v) is 1.39. The molecule has 10 heavy (non-hydrogen) atoms. The lowest BCUT2D eigenvalue weighted by molar-refractivity contribution is -0.138. The minimum absolute atomic E-state index is 0.335. The molecular weight excluding hydrogens is 245 g/mol. The van der Waals surface area contributed by atoms with Crippen LogP contribution in [0.1, 0.15) is 12.8 Å². The highest BCUT2D eigenvalue weighted by Crippen LogP contribution is 2.08. The Morgan fingerprint density at radius 2 is 1.70 bits per heavy atom. The maximum Gasteiger partial charge on any atom is 0.300 e. The van der Waals surface area contributed by atoms with Gasteiger partial charge in [0.15, 0.2) is 0 Å². The highest BCUT2D eigenvalue weighted by atomic mass is 127. The van der Waals surface area contributed by atoms with Crippen molar-refractivity contribution in [1.82, 2.24) is 4.90 Å². The second-order valence-electron chi connectivity index (χ2n) is 2.27. The van der Waals surface area contributed by atoms with Crippen LogP contribution in [0.5, 0.6) is 0 Å². The summed E-state index contributed by atoms with van der Waals surface area (Å²) in [6, 6.07) is 0. The van der Waals surface area contributed by atoms with Crippen LogP contribution in [0.15, 0.2) is 0 Å². The van der Waals surface area contributed by atoms with Gasteiger partial charge in [-0.1, -0.05) is 0 Å². The molecule has 1 fully saturated rings. The number of carbonyl (C=O) groups is 2. The Labute approximate surface area is 72.9 Å². The summed E-state index contributed by atoms with van der Waals surface area (Å²) in [5.41, 5.74) is 0. The van der Waals surface area contributed by atoms with Crippen molar-refractivity contribution in [2.75, 3.05) is 13.1 Å². The van der Waals surface area contributed by atoms with E-state index in [1.807, 2.05) is 0 Å². The van der Waals surface area contributed by atoms with E-state index < -0.39 is 0 Å². The molecule has 1 aliphatic heterocycles. The summed E-state index contributed by atoms with van der Waals surface area (Å²) in [6.07, 6.45) is 2.07. The van der Waals surface area contributed by atoms with Crippen molar-refractivity contribution in [3.8, 4) is 0 Å². The van der Waals surface area contributed by atoms with Crippen molar-refractivity contribution < 1.29 is 9.59 Å². The van der Waals surface area contributed by atoms with Crippen molar-refractivity contribution in [2.45, 2.75) is 12.8 Å². The number of amides is 1. The topological polar surface area (TPSA) is 37.4 Å². The smallest absolute Gasteiger partial charge is 0.300 e. The Morgan fingerprint density at radius 1 is 1.20 bits per heavy atom. The molecule has 3 nitrogen and oxygen atoms in total. The third-order valence-corrected chi connectivity index (χ3v) is 2.02. The van der Waals surface area contributed by atoms with E-state index in [1.54, 1.807) is 4.90 Å². The Hall–Kier alpha value is -0.130. The van der Waals surface area contributed by atoms with Crippen LogP contribution in [0.4, 0.5) is 0 Å². The second-order valence-corrected chi connectivity index (χ2v) is 3.25. The van der Waals surface area contributed by atoms with Gasteiger partial charge in [-0.3, -0.25) is 9.59 Å². The molecule has 1 heterocycles. The first-order chi connectivity index (χ1) is 4.72. The second kappa shape index (κ2) is 3.32. The molecular formula is C6H8INO2. The molecule has 1 amide bonds. The van der Waals surface area contributed by atoms with Gasteiger partial charge in [0.2, 0.25) is 0 Å². The van der Waals surface area contributed by atoms with Crippen molar-refractivity contribution in [1.29, 1.82) is 0 Å². The third kappa shape index (κ3) is 1.68. The lowest BCUT2D eigenvalue weighted by atomic mass is 10.4. The molecule has 0 saturated carbocycles. The van der Waals surface area contributed by atoms with Crippen LogP contribution in [-0.4, -0.2) is 27.7 Å². The molecule has 1 aliphatic rings. The molecule has 0 atom stereocenters. The van der Waals surface area contributed by atoms with Crippen LogP contribution in [0.2, 0.25) is 0 Å². The summed E-state index contributed by atoms with van der Waals surface area (Å²) < 4.78 is -0.375. The number of hydrogen-bond acceptors (Lipinski definition) is 2. The van der Waals surface area contributed by atoms with Crippen LogP contribution in [0.25, 0.3) is 0 Å². The van der Waals surface area contributed by atoms with Gasteiger partial charge in [-0.25, -0.2) is 0 Å². The number of hydrogen-bond donors (Lipinski definition) is 0. The quantitative estimate of drug-likeness (QED) is 0.389. The van der Waals surface area contributed by atoms with Gasteiger partial charge in [-0.15, -0.1) is 0 Å². The van der Waals surface area contributed by atoms with E-state index in [-0.39, 0.29) is 9.70 Å². The molecule has 0 aliphatic carbocycles. The number of halogens is 1. The van der Waals surface area contributed by atoms with Gasteiger partial charge in [-0.05, 0) is 12.8 Å². The predicted octanol–water partition coefficient (Wildman–Crippen LogP) is 0.570. The zero-order valence-electron chi connectivity index (χ0n) is 5.47. The summed E-state index contributed by atoms with van der Waals surface area (Å²) in [5.74, 6) is -0.335. The largest absolute Gasteiger partial charge is 0.335 e. The van der Waals surface area contributed by atoms with Crippen molar-refractivity contribution in [3.63, 3.8) is 0 Å². The Balaban J connectivity index is 2.48. The molecule has 0 N–H and O–H groups in total. The first kappa shape index (κ1) is 7.97. The highest BCUT2D eigenvalue weighted by Gasteiger charge is 2.21. The molecule has 1 saturated heterocycles. The molecule has 0 radical (unpaired) electrons. The maximum absolute atomic E-state index is 10.9. The van der Waals surface area contributed by atoms with Gasteiger partial charge < -0.3 is 4.90 Å². The summed E-state index contributed by atoms with van der Waals surface area (Å²) in [6.45, 7) is 1.52. The highest BCUT2D eigenvalue weighted by molar-refractivity contribution is 14.1. The lowest BCUT2D eigenvalue weighted by Crippen LogP contribution is -2.31. The number of rotatable bonds is 1. The van der Waals surface area contributed by atoms with E-state index in [0.717, 1.165) is 25.9 Å². The van der Waals surface area contributed by atoms with Crippen molar-refractivity contribution in [3.05, 3.63) is 0 Å². The fraction of sp³-hybridized carbons (Fsp3) is 0.667. The van der Waals surface area contributed by atoms with Gasteiger partial charge in [0, 0.05) is 35.7 Å². The zero-order chi connectivity index (χ0) is 7.56. The molecule has 0 bridgehead atoms. The first-order valence-corrected chi connectivity index (χ1v) is 4.28. The molecule has 4 heteroatoms. The van der Waals surface area contributed by atoms with E-state index in [2.05, 4.69) is 0 Å². The van der Waals surface area contributed by atoms with E-state index >= 15 is 0 Å². The molecule has 0 spiro atoms. The summed E-state index contributed by atoms with van der Waals surface area (Å²) >= 11 is 1.53. The molecule has 56 valence electrons. The van der Waals surface area contributed by atoms with Gasteiger partial charge >= 0.3 is 5.91 Å². The number of nitrogens with zero attached hydrogens (tertiary/aromatic N) is 1. The average molecular weight is 253 g/mol. The predicted molar refractivity (Wildman–Crippen MR) is 44.8 cm³/mol. The molecule has 0 aromatic carbocycles. The molecule has 1 rings (SSSR count). The standard InChI is InChI=1S/C6H8INO2/c7-5(9)6(10)8-3-1-2-4-8/h1-4H2. The first-order valence-electron chi connectivity index (χ1n) is 3.20. The summed E-state index contributed by atoms with van der Waals surface area (Å²) in [7, 11) is 0. The van der Waals surface area contributed by atoms with Crippen LogP contribution in [0, 0.1) is 0 Å². The number of likely N-dealkylation sites (tertiary alicyclic amines) is 1. The molecule has 0 aromatic rings. The summed E-state index contributed by atoms with van der Waals surface area (Å²) in [5, 5.41) is 0. The van der Waals surface area contributed by atoms with E-state index in [9.17, 15) is 9.59 Å². The summed E-state index contributed by atoms with van der Waals surface area (Å²) in [4.78, 5) is 23.0. The average Bonchev–Trinajstić information content (AvgIpc) is 2.36. The maximum atomic E-state index is 10.9. The Kier molecular flexibility index (Phi) is 2.64. The number of carbonyl (C=O) groups excluding carboxylic acids is 2. The van der Waals surface area contributed by atoms with Gasteiger partial charge in [-0.2, -0.15) is 0 Å². The van der Waals surface area contributed by atoms with Gasteiger partial charge in [0.05, 0.1) is 0 Å². The minimum atomic E-state index is -0.375. The minimum Gasteiger partial charge on any atom is -0.335 e. The van der Waals surface area contributed by atoms with E-state index in [1.165, 1.54) is 22.6 Å². The van der Waals surface area contributed by atoms with Crippen LogP contribution >= 0.6 is 22.6 Å². The van der Waals surface area contributed by atoms with Gasteiger partial charge in [0.1, 0.15) is 0 Å². The lowest BCUT2D eigenvalue weighted by Gasteiger charge is -2.10. The Morgan fingerprint density at radius 3 is 2.10 bits per heavy atom. The normalized spacial score (nSPS) is 17.5. The van der Waals surface area contributed by atoms with Crippen molar-refractivity contribution >= 4 is 32.3 Å². The third-order valence-electron chi connectivity index (χ3n) is 1.56. The monoisotopic (exact) mass is 253 g/mol. The SMILES string of the molecule is O=C(I)C(=O)N1CCCC1. The van der Waals surface area contributed by atoms with Crippen LogP contribution in [0.3, 0.4) is 0 Å². The molecule has 0 aromatic heterocycles. The fourth-order valence-electron chi connectivity index (χ4n) is 1.04. The van der Waals surface area contributed by atoms with Crippen molar-refractivity contribution in [2.24, 2.45) is 0 Å². The van der Waals surface area contributed by atoms with Crippen LogP contribution in [-0.2, 0) is 9.59 Å².